The molecule has 29 heavy (non-hydrogen) atoms. The quantitative estimate of drug-likeness (QED) is 0.535. The third-order valence-corrected chi connectivity index (χ3v) is 9.80. The molecule has 0 aliphatic heterocycles. The molecule has 3 saturated carbocycles. The first kappa shape index (κ1) is 21.4. The fourth-order valence-corrected chi connectivity index (χ4v) is 8.40. The minimum atomic E-state index is -0.265. The second-order valence-corrected chi connectivity index (χ2v) is 11.1. The van der Waals surface area contributed by atoms with E-state index >= 15 is 0 Å². The minimum absolute atomic E-state index is 0.0531. The normalized spacial score (nSPS) is 47.4. The van der Waals surface area contributed by atoms with Gasteiger partial charge in [-0.05, 0) is 91.8 Å². The lowest BCUT2D eigenvalue weighted by molar-refractivity contribution is -0.142. The molecule has 0 saturated heterocycles. The van der Waals surface area contributed by atoms with E-state index < -0.39 is 0 Å². The zero-order valence-corrected chi connectivity index (χ0v) is 18.7. The molecule has 0 bridgehead atoms. The van der Waals surface area contributed by atoms with E-state index in [9.17, 15) is 15.0 Å². The molecule has 0 amide bonds. The van der Waals surface area contributed by atoms with Gasteiger partial charge in [-0.3, -0.25) is 4.79 Å². The van der Waals surface area contributed by atoms with Gasteiger partial charge in [-0.1, -0.05) is 32.4 Å². The Balaban J connectivity index is 1.56. The number of hydrogen-bond acceptors (Lipinski definition) is 4. The van der Waals surface area contributed by atoms with Crippen molar-refractivity contribution in [1.82, 2.24) is 0 Å². The highest BCUT2D eigenvalue weighted by Gasteiger charge is 2.61. The van der Waals surface area contributed by atoms with Crippen molar-refractivity contribution in [3.8, 4) is 0 Å². The van der Waals surface area contributed by atoms with Crippen molar-refractivity contribution < 1.29 is 19.7 Å². The Kier molecular flexibility index (Phi) is 5.65. The van der Waals surface area contributed by atoms with Crippen LogP contribution in [0.1, 0.15) is 78.6 Å². The van der Waals surface area contributed by atoms with E-state index in [4.69, 9.17) is 4.74 Å². The van der Waals surface area contributed by atoms with Crippen LogP contribution in [-0.2, 0) is 9.53 Å². The van der Waals surface area contributed by atoms with Gasteiger partial charge in [-0.2, -0.15) is 0 Å². The van der Waals surface area contributed by atoms with E-state index in [0.29, 0.717) is 36.0 Å². The van der Waals surface area contributed by atoms with Gasteiger partial charge in [-0.15, -0.1) is 0 Å². The maximum absolute atomic E-state index is 11.6. The molecule has 4 nitrogen and oxygen atoms in total. The number of carbonyl (C=O) groups excluding carboxylic acids is 1. The summed E-state index contributed by atoms with van der Waals surface area (Å²) in [6, 6.07) is 0. The van der Waals surface area contributed by atoms with Crippen molar-refractivity contribution >= 4 is 5.97 Å². The highest BCUT2D eigenvalue weighted by molar-refractivity contribution is 5.69. The first-order valence-electron chi connectivity index (χ1n) is 11.8. The lowest BCUT2D eigenvalue weighted by Gasteiger charge is -2.60. The molecule has 4 heteroatoms. The van der Waals surface area contributed by atoms with Crippen molar-refractivity contribution in [3.05, 3.63) is 11.6 Å². The minimum Gasteiger partial charge on any atom is -0.469 e. The zero-order chi connectivity index (χ0) is 21.0. The Labute approximate surface area is 176 Å². The van der Waals surface area contributed by atoms with Crippen LogP contribution >= 0.6 is 0 Å². The summed E-state index contributed by atoms with van der Waals surface area (Å²) in [5, 5.41) is 21.7. The molecule has 4 aliphatic rings. The fourth-order valence-electron chi connectivity index (χ4n) is 8.40. The van der Waals surface area contributed by atoms with E-state index in [1.165, 1.54) is 25.5 Å². The Bertz CT molecular complexity index is 672. The molecular formula is C25H40O4. The Morgan fingerprint density at radius 1 is 1.28 bits per heavy atom. The van der Waals surface area contributed by atoms with Crippen LogP contribution in [-0.4, -0.2) is 35.5 Å². The molecule has 4 aliphatic carbocycles. The van der Waals surface area contributed by atoms with Gasteiger partial charge in [0.2, 0.25) is 0 Å². The maximum Gasteiger partial charge on any atom is 0.305 e. The largest absolute Gasteiger partial charge is 0.469 e. The highest BCUT2D eigenvalue weighted by atomic mass is 16.5. The monoisotopic (exact) mass is 404 g/mol. The molecule has 0 heterocycles. The number of ether oxygens (including phenoxy) is 1. The van der Waals surface area contributed by atoms with Gasteiger partial charge in [0.15, 0.2) is 0 Å². The van der Waals surface area contributed by atoms with Crippen LogP contribution in [0.4, 0.5) is 0 Å². The van der Waals surface area contributed by atoms with E-state index in [0.717, 1.165) is 38.5 Å². The average Bonchev–Trinajstić information content (AvgIpc) is 3.02. The summed E-state index contributed by atoms with van der Waals surface area (Å²) in [5.41, 5.74) is 1.62. The van der Waals surface area contributed by atoms with E-state index in [1.807, 2.05) is 0 Å². The molecule has 9 atom stereocenters. The van der Waals surface area contributed by atoms with Gasteiger partial charge in [0.1, 0.15) is 0 Å². The number of carbonyl (C=O) groups is 1. The van der Waals surface area contributed by atoms with Crippen molar-refractivity contribution in [3.63, 3.8) is 0 Å². The number of esters is 1. The van der Waals surface area contributed by atoms with Gasteiger partial charge in [0.05, 0.1) is 19.3 Å². The number of fused-ring (bicyclic) bond motifs is 5. The highest BCUT2D eigenvalue weighted by Crippen LogP contribution is 2.67. The summed E-state index contributed by atoms with van der Waals surface area (Å²) in [4.78, 5) is 11.6. The summed E-state index contributed by atoms with van der Waals surface area (Å²) in [7, 11) is 1.47. The third kappa shape index (κ3) is 3.39. The Morgan fingerprint density at radius 2 is 2.03 bits per heavy atom. The lowest BCUT2D eigenvalue weighted by Crippen LogP contribution is -2.56. The van der Waals surface area contributed by atoms with Crippen molar-refractivity contribution in [1.29, 1.82) is 0 Å². The molecular weight excluding hydrogens is 364 g/mol. The second kappa shape index (κ2) is 7.67. The molecule has 0 spiro atoms. The third-order valence-electron chi connectivity index (χ3n) is 9.80. The summed E-state index contributed by atoms with van der Waals surface area (Å²) < 4.78 is 4.85. The van der Waals surface area contributed by atoms with Gasteiger partial charge in [0, 0.05) is 6.42 Å². The number of allylic oxidation sites excluding steroid dienone is 1. The number of rotatable bonds is 4. The SMILES string of the molecule is COC(=O)CC[C@@H](C)[C@H]1CC[C@H]2[C@@H]3CC=C4C[C@@H](O)CC[C@]4(C)[C@H]3[C@@H](O)C[C@]12C. The average molecular weight is 405 g/mol. The molecule has 4 rings (SSSR count). The van der Waals surface area contributed by atoms with Crippen LogP contribution < -0.4 is 0 Å². The predicted octanol–water partition coefficient (Wildman–Crippen LogP) is 4.49. The first-order chi connectivity index (χ1) is 13.7. The summed E-state index contributed by atoms with van der Waals surface area (Å²) in [6.45, 7) is 7.08. The van der Waals surface area contributed by atoms with Crippen LogP contribution in [0.3, 0.4) is 0 Å². The first-order valence-corrected chi connectivity index (χ1v) is 11.8. The molecule has 3 fully saturated rings. The predicted molar refractivity (Wildman–Crippen MR) is 113 cm³/mol. The fraction of sp³-hybridized carbons (Fsp3) is 0.880. The molecule has 0 aromatic carbocycles. The smallest absolute Gasteiger partial charge is 0.305 e. The summed E-state index contributed by atoms with van der Waals surface area (Å²) in [6.07, 6.45) is 10.4. The van der Waals surface area contributed by atoms with Gasteiger partial charge in [0.25, 0.3) is 0 Å². The summed E-state index contributed by atoms with van der Waals surface area (Å²) >= 11 is 0. The van der Waals surface area contributed by atoms with Crippen molar-refractivity contribution in [2.75, 3.05) is 7.11 Å². The van der Waals surface area contributed by atoms with Crippen LogP contribution in [0.15, 0.2) is 11.6 Å². The number of methoxy groups -OCH3 is 1. The zero-order valence-electron chi connectivity index (χ0n) is 18.7. The topological polar surface area (TPSA) is 66.8 Å². The second-order valence-electron chi connectivity index (χ2n) is 11.1. The van der Waals surface area contributed by atoms with Gasteiger partial charge < -0.3 is 14.9 Å². The van der Waals surface area contributed by atoms with Crippen LogP contribution in [0.25, 0.3) is 0 Å². The number of aliphatic hydroxyl groups is 2. The lowest BCUT2D eigenvalue weighted by atomic mass is 9.46. The van der Waals surface area contributed by atoms with Crippen LogP contribution in [0, 0.1) is 40.4 Å². The van der Waals surface area contributed by atoms with Crippen LogP contribution in [0.2, 0.25) is 0 Å². The molecule has 0 aromatic rings. The maximum atomic E-state index is 11.6. The number of aliphatic hydroxyl groups excluding tert-OH is 2. The van der Waals surface area contributed by atoms with Gasteiger partial charge >= 0.3 is 5.97 Å². The molecule has 0 radical (unpaired) electrons. The van der Waals surface area contributed by atoms with Gasteiger partial charge in [-0.25, -0.2) is 0 Å². The standard InChI is InChI=1S/C25H40O4/c1-15(5-10-22(28)29-4)19-8-9-20-18-7-6-16-13-17(26)11-12-24(16,2)23(18)21(27)14-25(19,20)3/h6,15,17-21,23,26-27H,5,7-14H2,1-4H3/t15-,17+,18+,19-,20+,21+,23-,24+,25-/m1/s1. The van der Waals surface area contributed by atoms with E-state index in [1.54, 1.807) is 0 Å². The molecule has 0 aromatic heterocycles. The Morgan fingerprint density at radius 3 is 2.76 bits per heavy atom. The number of hydrogen-bond donors (Lipinski definition) is 2. The van der Waals surface area contributed by atoms with Crippen LogP contribution in [0.5, 0.6) is 0 Å². The van der Waals surface area contributed by atoms with Crippen molar-refractivity contribution in [2.24, 2.45) is 40.4 Å². The van der Waals surface area contributed by atoms with Crippen molar-refractivity contribution in [2.45, 2.75) is 90.8 Å². The molecule has 164 valence electrons. The Hall–Kier alpha value is -0.870. The molecule has 0 unspecified atom stereocenters. The molecule has 2 N–H and O–H groups in total. The van der Waals surface area contributed by atoms with E-state index in [-0.39, 0.29) is 29.0 Å². The summed E-state index contributed by atoms with van der Waals surface area (Å²) in [5.74, 6) is 2.46. The van der Waals surface area contributed by atoms with E-state index in [2.05, 4.69) is 26.8 Å².